The lowest BCUT2D eigenvalue weighted by atomic mass is 9.95. The average molecular weight is 212 g/mol. The molecule has 1 aliphatic heterocycles. The van der Waals surface area contributed by atoms with Crippen molar-refractivity contribution in [1.29, 1.82) is 0 Å². The van der Waals surface area contributed by atoms with Crippen LogP contribution in [0.25, 0.3) is 0 Å². The number of rotatable bonds is 5. The van der Waals surface area contributed by atoms with E-state index in [-0.39, 0.29) is 9.86 Å². The fourth-order valence-corrected chi connectivity index (χ4v) is 2.94. The summed E-state index contributed by atoms with van der Waals surface area (Å²) in [5, 5.41) is 0.237. The molecule has 1 rings (SSSR count). The molecule has 1 aliphatic rings. The molecule has 80 valence electrons. The normalized spacial score (nSPS) is 26.8. The quantitative estimate of drug-likeness (QED) is 0.642. The van der Waals surface area contributed by atoms with Gasteiger partial charge in [0.15, 0.2) is 0 Å². The Labute approximate surface area is 91.3 Å². The van der Waals surface area contributed by atoms with E-state index in [0.29, 0.717) is 0 Å². The highest BCUT2D eigenvalue weighted by Crippen LogP contribution is 2.43. The predicted octanol–water partition coefficient (Wildman–Crippen LogP) is 3.94. The number of thioether (sulfide) groups is 1. The van der Waals surface area contributed by atoms with Crippen molar-refractivity contribution in [2.75, 3.05) is 0 Å². The van der Waals surface area contributed by atoms with Crippen LogP contribution in [-0.2, 0) is 4.79 Å². The summed E-state index contributed by atoms with van der Waals surface area (Å²) < 4.78 is 0.102. The third kappa shape index (κ3) is 2.88. The van der Waals surface area contributed by atoms with Crippen molar-refractivity contribution in [3.05, 3.63) is 11.6 Å². The fraction of sp³-hybridized carbons (Fsp3) is 0.750. The van der Waals surface area contributed by atoms with Crippen LogP contribution in [0.1, 0.15) is 52.9 Å². The van der Waals surface area contributed by atoms with E-state index in [1.54, 1.807) is 6.08 Å². The molecule has 0 N–H and O–H groups in total. The van der Waals surface area contributed by atoms with Crippen LogP contribution in [0.5, 0.6) is 0 Å². The number of hydrogen-bond acceptors (Lipinski definition) is 2. The van der Waals surface area contributed by atoms with E-state index in [9.17, 15) is 4.79 Å². The van der Waals surface area contributed by atoms with Crippen LogP contribution in [0.3, 0.4) is 0 Å². The lowest BCUT2D eigenvalue weighted by Crippen LogP contribution is -2.18. The van der Waals surface area contributed by atoms with Gasteiger partial charge in [0.25, 0.3) is 0 Å². The van der Waals surface area contributed by atoms with Crippen molar-refractivity contribution in [3.63, 3.8) is 0 Å². The largest absolute Gasteiger partial charge is 0.282 e. The van der Waals surface area contributed by atoms with Crippen molar-refractivity contribution in [3.8, 4) is 0 Å². The molecule has 0 bridgehead atoms. The van der Waals surface area contributed by atoms with Gasteiger partial charge in [-0.15, -0.1) is 0 Å². The number of carbonyl (C=O) groups is 1. The Bertz CT molecular complexity index is 245. The maximum absolute atomic E-state index is 11.2. The Morgan fingerprint density at radius 2 is 2.07 bits per heavy atom. The Morgan fingerprint density at radius 3 is 2.57 bits per heavy atom. The van der Waals surface area contributed by atoms with Gasteiger partial charge in [0.1, 0.15) is 0 Å². The molecule has 0 aromatic rings. The third-order valence-electron chi connectivity index (χ3n) is 3.00. The Morgan fingerprint density at radius 1 is 1.36 bits per heavy atom. The van der Waals surface area contributed by atoms with Gasteiger partial charge >= 0.3 is 0 Å². The molecule has 2 heteroatoms. The fourth-order valence-electron chi connectivity index (χ4n) is 1.80. The van der Waals surface area contributed by atoms with Gasteiger partial charge in [0.05, 0.1) is 0 Å². The molecular weight excluding hydrogens is 192 g/mol. The highest BCUT2D eigenvalue weighted by atomic mass is 32.2. The maximum Gasteiger partial charge on any atom is 0.212 e. The topological polar surface area (TPSA) is 17.1 Å². The SMILES string of the molecule is CCCCCC[C@@]1(C)SC(=O)C=C1C. The average Bonchev–Trinajstić information content (AvgIpc) is 2.36. The van der Waals surface area contributed by atoms with Crippen LogP contribution < -0.4 is 0 Å². The Balaban J connectivity index is 2.36. The van der Waals surface area contributed by atoms with E-state index in [4.69, 9.17) is 0 Å². The Hall–Kier alpha value is -0.240. The Kier molecular flexibility index (Phi) is 4.24. The smallest absolute Gasteiger partial charge is 0.212 e. The van der Waals surface area contributed by atoms with Crippen molar-refractivity contribution in [2.24, 2.45) is 0 Å². The van der Waals surface area contributed by atoms with Crippen molar-refractivity contribution in [1.82, 2.24) is 0 Å². The van der Waals surface area contributed by atoms with E-state index in [1.165, 1.54) is 43.0 Å². The van der Waals surface area contributed by atoms with Crippen LogP contribution in [0.4, 0.5) is 0 Å². The first-order valence-corrected chi connectivity index (χ1v) is 6.32. The van der Waals surface area contributed by atoms with Gasteiger partial charge in [-0.2, -0.15) is 0 Å². The first-order valence-electron chi connectivity index (χ1n) is 5.50. The van der Waals surface area contributed by atoms with Crippen molar-refractivity contribution < 1.29 is 4.79 Å². The van der Waals surface area contributed by atoms with Crippen LogP contribution in [0.15, 0.2) is 11.6 Å². The lowest BCUT2D eigenvalue weighted by Gasteiger charge is -2.24. The van der Waals surface area contributed by atoms with E-state index in [2.05, 4.69) is 20.8 Å². The predicted molar refractivity (Wildman–Crippen MR) is 63.5 cm³/mol. The zero-order valence-electron chi connectivity index (χ0n) is 9.43. The van der Waals surface area contributed by atoms with Gasteiger partial charge in [-0.05, 0) is 26.3 Å². The molecule has 1 atom stereocenters. The molecule has 0 spiro atoms. The molecule has 0 saturated heterocycles. The monoisotopic (exact) mass is 212 g/mol. The minimum atomic E-state index is 0.102. The number of unbranched alkanes of at least 4 members (excludes halogenated alkanes) is 3. The maximum atomic E-state index is 11.2. The van der Waals surface area contributed by atoms with Gasteiger partial charge in [-0.3, -0.25) is 4.79 Å². The van der Waals surface area contributed by atoms with E-state index in [1.807, 2.05) is 0 Å². The summed E-state index contributed by atoms with van der Waals surface area (Å²) in [6.07, 6.45) is 8.08. The summed E-state index contributed by atoms with van der Waals surface area (Å²) in [5.74, 6) is 0. The molecule has 0 aromatic carbocycles. The summed E-state index contributed by atoms with van der Waals surface area (Å²) in [6.45, 7) is 6.50. The van der Waals surface area contributed by atoms with Crippen molar-refractivity contribution in [2.45, 2.75) is 57.6 Å². The van der Waals surface area contributed by atoms with E-state index < -0.39 is 0 Å². The van der Waals surface area contributed by atoms with Gasteiger partial charge in [0.2, 0.25) is 5.12 Å². The lowest BCUT2D eigenvalue weighted by molar-refractivity contribution is -0.106. The number of carbonyl (C=O) groups excluding carboxylic acids is 1. The second-order valence-corrected chi connectivity index (χ2v) is 5.80. The van der Waals surface area contributed by atoms with Gasteiger partial charge in [0, 0.05) is 4.75 Å². The van der Waals surface area contributed by atoms with Crippen LogP contribution in [-0.4, -0.2) is 9.86 Å². The molecule has 0 fully saturated rings. The van der Waals surface area contributed by atoms with Gasteiger partial charge < -0.3 is 0 Å². The molecule has 14 heavy (non-hydrogen) atoms. The first kappa shape index (κ1) is 11.8. The summed E-state index contributed by atoms with van der Waals surface area (Å²) >= 11 is 1.50. The molecule has 0 aliphatic carbocycles. The molecule has 0 unspecified atom stereocenters. The van der Waals surface area contributed by atoms with E-state index in [0.717, 1.165) is 6.42 Å². The minimum Gasteiger partial charge on any atom is -0.282 e. The third-order valence-corrected chi connectivity index (χ3v) is 4.30. The van der Waals surface area contributed by atoms with Crippen LogP contribution in [0.2, 0.25) is 0 Å². The summed E-state index contributed by atoms with van der Waals surface area (Å²) in [5.41, 5.74) is 1.25. The van der Waals surface area contributed by atoms with Crippen LogP contribution >= 0.6 is 11.8 Å². The summed E-state index contributed by atoms with van der Waals surface area (Å²) in [6, 6.07) is 0. The first-order chi connectivity index (χ1) is 6.58. The summed E-state index contributed by atoms with van der Waals surface area (Å²) in [4.78, 5) is 11.2. The molecule has 1 heterocycles. The second-order valence-electron chi connectivity index (χ2n) is 4.29. The molecule has 0 saturated carbocycles. The highest BCUT2D eigenvalue weighted by Gasteiger charge is 2.34. The molecule has 0 radical (unpaired) electrons. The zero-order chi connectivity index (χ0) is 10.6. The highest BCUT2D eigenvalue weighted by molar-refractivity contribution is 8.15. The second kappa shape index (κ2) is 5.01. The van der Waals surface area contributed by atoms with Gasteiger partial charge in [-0.25, -0.2) is 0 Å². The molecule has 1 nitrogen and oxygen atoms in total. The van der Waals surface area contributed by atoms with Crippen molar-refractivity contribution >= 4 is 16.9 Å². The molecule has 0 amide bonds. The van der Waals surface area contributed by atoms with E-state index >= 15 is 0 Å². The standard InChI is InChI=1S/C12H20OS/c1-4-5-6-7-8-12(3)10(2)9-11(13)14-12/h9H,4-8H2,1-3H3/t12-/m1/s1. The summed E-state index contributed by atoms with van der Waals surface area (Å²) in [7, 11) is 0. The van der Waals surface area contributed by atoms with Gasteiger partial charge in [-0.1, -0.05) is 49.9 Å². The molecule has 0 aromatic heterocycles. The molecular formula is C12H20OS. The van der Waals surface area contributed by atoms with Crippen LogP contribution in [0, 0.1) is 0 Å². The zero-order valence-corrected chi connectivity index (χ0v) is 10.2. The number of hydrogen-bond donors (Lipinski definition) is 0. The minimum absolute atomic E-state index is 0.102.